The predicted octanol–water partition coefficient (Wildman–Crippen LogP) is 1.98. The lowest BCUT2D eigenvalue weighted by Gasteiger charge is -2.10. The molecule has 0 aliphatic heterocycles. The van der Waals surface area contributed by atoms with Crippen LogP contribution in [0, 0.1) is 0 Å². The summed E-state index contributed by atoms with van der Waals surface area (Å²) in [6, 6.07) is 7.53. The monoisotopic (exact) mass is 327 g/mol. The summed E-state index contributed by atoms with van der Waals surface area (Å²) in [6.45, 7) is 2.79. The quantitative estimate of drug-likeness (QED) is 0.637. The molecule has 0 atom stereocenters. The Bertz CT molecular complexity index is 840. The van der Waals surface area contributed by atoms with Gasteiger partial charge in [-0.05, 0) is 13.0 Å². The summed E-state index contributed by atoms with van der Waals surface area (Å²) >= 11 is 0. The number of aromatic nitrogens is 3. The molecule has 0 saturated heterocycles. The van der Waals surface area contributed by atoms with Crippen LogP contribution in [0.3, 0.4) is 0 Å². The molecule has 1 aromatic carbocycles. The zero-order chi connectivity index (χ0) is 16.9. The molecule has 0 aliphatic carbocycles. The number of nitrogens with one attached hydrogen (secondary N) is 2. The van der Waals surface area contributed by atoms with E-state index in [0.717, 1.165) is 11.3 Å². The highest BCUT2D eigenvalue weighted by molar-refractivity contribution is 5.92. The van der Waals surface area contributed by atoms with E-state index in [1.807, 2.05) is 31.2 Å². The number of para-hydroxylation sites is 1. The van der Waals surface area contributed by atoms with Crippen molar-refractivity contribution >= 4 is 11.7 Å². The zero-order valence-electron chi connectivity index (χ0n) is 13.1. The maximum atomic E-state index is 12.2. The molecule has 0 spiro atoms. The maximum absolute atomic E-state index is 12.2. The van der Waals surface area contributed by atoms with E-state index < -0.39 is 0 Å². The van der Waals surface area contributed by atoms with Crippen LogP contribution in [0.5, 0.6) is 5.75 Å². The van der Waals surface area contributed by atoms with E-state index in [0.29, 0.717) is 18.8 Å². The number of benzene rings is 1. The van der Waals surface area contributed by atoms with Gasteiger partial charge >= 0.3 is 0 Å². The van der Waals surface area contributed by atoms with E-state index in [2.05, 4.69) is 20.3 Å². The molecule has 0 radical (unpaired) electrons. The van der Waals surface area contributed by atoms with Gasteiger partial charge in [0.05, 0.1) is 12.9 Å². The van der Waals surface area contributed by atoms with Crippen LogP contribution in [0.15, 0.2) is 41.3 Å². The number of imidazole rings is 1. The van der Waals surface area contributed by atoms with Crippen molar-refractivity contribution in [3.8, 4) is 17.3 Å². The Morgan fingerprint density at radius 1 is 1.42 bits per heavy atom. The third kappa shape index (κ3) is 3.22. The first-order chi connectivity index (χ1) is 11.7. The van der Waals surface area contributed by atoms with Gasteiger partial charge in [-0.25, -0.2) is 9.97 Å². The smallest absolute Gasteiger partial charge is 0.273 e. The topological polar surface area (TPSA) is 119 Å². The molecule has 0 unspecified atom stereocenters. The van der Waals surface area contributed by atoms with Crippen molar-refractivity contribution in [2.75, 3.05) is 12.3 Å². The number of H-pyrrole nitrogens is 1. The maximum Gasteiger partial charge on any atom is 0.273 e. The Kier molecular flexibility index (Phi) is 4.46. The number of anilines is 1. The third-order valence-electron chi connectivity index (χ3n) is 3.33. The van der Waals surface area contributed by atoms with E-state index >= 15 is 0 Å². The molecule has 124 valence electrons. The predicted molar refractivity (Wildman–Crippen MR) is 87.3 cm³/mol. The van der Waals surface area contributed by atoms with Gasteiger partial charge in [-0.15, -0.1) is 0 Å². The molecular weight excluding hydrogens is 310 g/mol. The second-order valence-electron chi connectivity index (χ2n) is 4.92. The molecule has 3 aromatic rings. The number of hydrogen-bond donors (Lipinski definition) is 3. The van der Waals surface area contributed by atoms with Gasteiger partial charge in [-0.3, -0.25) is 4.79 Å². The summed E-state index contributed by atoms with van der Waals surface area (Å²) < 4.78 is 10.8. The standard InChI is InChI=1S/C16H17N5O3/c1-2-23-12-6-4-3-5-10(12)7-18-15(22)11-8-24-16(21-11)13-14(17)20-9-19-13/h3-6,8-9H,2,7,17H2,1H3,(H,18,22)(H,19,20). The van der Waals surface area contributed by atoms with Crippen LogP contribution >= 0.6 is 0 Å². The van der Waals surface area contributed by atoms with Crippen molar-refractivity contribution in [1.29, 1.82) is 0 Å². The molecule has 3 rings (SSSR count). The number of nitrogens with two attached hydrogens (primary N) is 1. The van der Waals surface area contributed by atoms with Gasteiger partial charge in [0.2, 0.25) is 5.89 Å². The van der Waals surface area contributed by atoms with Crippen molar-refractivity contribution in [3.05, 3.63) is 48.1 Å². The molecule has 0 aliphatic rings. The lowest BCUT2D eigenvalue weighted by Crippen LogP contribution is -2.23. The number of hydrogen-bond acceptors (Lipinski definition) is 6. The summed E-state index contributed by atoms with van der Waals surface area (Å²) in [5.74, 6) is 0.861. The largest absolute Gasteiger partial charge is 0.494 e. The third-order valence-corrected chi connectivity index (χ3v) is 3.33. The van der Waals surface area contributed by atoms with Gasteiger partial charge in [-0.2, -0.15) is 0 Å². The highest BCUT2D eigenvalue weighted by Gasteiger charge is 2.16. The van der Waals surface area contributed by atoms with Gasteiger partial charge in [-0.1, -0.05) is 18.2 Å². The second-order valence-corrected chi connectivity index (χ2v) is 4.92. The van der Waals surface area contributed by atoms with Crippen LogP contribution in [0.25, 0.3) is 11.6 Å². The minimum absolute atomic E-state index is 0.160. The molecule has 8 nitrogen and oxygen atoms in total. The number of carbonyl (C=O) groups is 1. The van der Waals surface area contributed by atoms with Crippen LogP contribution in [0.4, 0.5) is 5.82 Å². The van der Waals surface area contributed by atoms with Gasteiger partial charge in [0.1, 0.15) is 17.7 Å². The molecule has 2 heterocycles. The molecule has 1 amide bonds. The van der Waals surface area contributed by atoms with Crippen molar-refractivity contribution < 1.29 is 13.9 Å². The Morgan fingerprint density at radius 3 is 3.00 bits per heavy atom. The van der Waals surface area contributed by atoms with E-state index in [1.165, 1.54) is 12.6 Å². The van der Waals surface area contributed by atoms with Gasteiger partial charge < -0.3 is 25.2 Å². The van der Waals surface area contributed by atoms with Gasteiger partial charge in [0.25, 0.3) is 5.91 Å². The number of aromatic amines is 1. The number of carbonyl (C=O) groups excluding carboxylic acids is 1. The summed E-state index contributed by atoms with van der Waals surface area (Å²) in [5.41, 5.74) is 7.17. The number of amides is 1. The lowest BCUT2D eigenvalue weighted by molar-refractivity contribution is 0.0945. The molecule has 0 saturated carbocycles. The van der Waals surface area contributed by atoms with Crippen LogP contribution < -0.4 is 15.8 Å². The number of nitrogens with zero attached hydrogens (tertiary/aromatic N) is 2. The van der Waals surface area contributed by atoms with Crippen LogP contribution in [-0.4, -0.2) is 27.5 Å². The Labute approximate surface area is 138 Å². The minimum Gasteiger partial charge on any atom is -0.494 e. The van der Waals surface area contributed by atoms with Crippen molar-refractivity contribution in [3.63, 3.8) is 0 Å². The average molecular weight is 327 g/mol. The molecule has 2 aromatic heterocycles. The van der Waals surface area contributed by atoms with Gasteiger partial charge in [0.15, 0.2) is 11.5 Å². The molecule has 8 heteroatoms. The van der Waals surface area contributed by atoms with Crippen LogP contribution in [-0.2, 0) is 6.54 Å². The Balaban J connectivity index is 1.68. The second kappa shape index (κ2) is 6.86. The van der Waals surface area contributed by atoms with Crippen LogP contribution in [0.2, 0.25) is 0 Å². The van der Waals surface area contributed by atoms with E-state index in [1.54, 1.807) is 0 Å². The van der Waals surface area contributed by atoms with Crippen molar-refractivity contribution in [1.82, 2.24) is 20.3 Å². The van der Waals surface area contributed by atoms with Crippen molar-refractivity contribution in [2.45, 2.75) is 13.5 Å². The fourth-order valence-corrected chi connectivity index (χ4v) is 2.18. The Hall–Kier alpha value is -3.29. The van der Waals surface area contributed by atoms with E-state index in [-0.39, 0.29) is 23.3 Å². The SMILES string of the molecule is CCOc1ccccc1CNC(=O)c1coc(-c2[nH]cnc2N)n1. The fraction of sp³-hybridized carbons (Fsp3) is 0.188. The minimum atomic E-state index is -0.352. The number of rotatable bonds is 6. The van der Waals surface area contributed by atoms with E-state index in [9.17, 15) is 4.79 Å². The average Bonchev–Trinajstić information content (AvgIpc) is 3.22. The number of nitrogen functional groups attached to an aromatic ring is 1. The zero-order valence-corrected chi connectivity index (χ0v) is 13.1. The lowest BCUT2D eigenvalue weighted by atomic mass is 10.2. The first-order valence-corrected chi connectivity index (χ1v) is 7.42. The first-order valence-electron chi connectivity index (χ1n) is 7.42. The summed E-state index contributed by atoms with van der Waals surface area (Å²) in [6.07, 6.45) is 2.71. The summed E-state index contributed by atoms with van der Waals surface area (Å²) in [7, 11) is 0. The molecule has 4 N–H and O–H groups in total. The molecule has 0 bridgehead atoms. The molecule has 0 fully saturated rings. The number of oxazole rings is 1. The highest BCUT2D eigenvalue weighted by Crippen LogP contribution is 2.21. The van der Waals surface area contributed by atoms with Crippen LogP contribution in [0.1, 0.15) is 23.0 Å². The molecular formula is C16H17N5O3. The molecule has 24 heavy (non-hydrogen) atoms. The Morgan fingerprint density at radius 2 is 2.25 bits per heavy atom. The fourth-order valence-electron chi connectivity index (χ4n) is 2.18. The van der Waals surface area contributed by atoms with Crippen molar-refractivity contribution in [2.24, 2.45) is 0 Å². The summed E-state index contributed by atoms with van der Waals surface area (Å²) in [4.78, 5) is 23.0. The number of ether oxygens (including phenoxy) is 1. The van der Waals surface area contributed by atoms with E-state index in [4.69, 9.17) is 14.9 Å². The van der Waals surface area contributed by atoms with Gasteiger partial charge in [0, 0.05) is 12.1 Å². The summed E-state index contributed by atoms with van der Waals surface area (Å²) in [5, 5.41) is 2.79. The normalized spacial score (nSPS) is 10.5. The first kappa shape index (κ1) is 15.6. The highest BCUT2D eigenvalue weighted by atomic mass is 16.5.